The van der Waals surface area contributed by atoms with Crippen LogP contribution < -0.4 is 88.4 Å². The number of rotatable bonds is 14. The van der Waals surface area contributed by atoms with Crippen molar-refractivity contribution in [2.45, 2.75) is 130 Å². The third kappa shape index (κ3) is 28.3. The van der Waals surface area contributed by atoms with Crippen molar-refractivity contribution in [3.63, 3.8) is 0 Å². The maximum absolute atomic E-state index is 5.92. The quantitative estimate of drug-likeness (QED) is 0.0450. The highest BCUT2D eigenvalue weighted by Crippen LogP contribution is 2.25. The summed E-state index contributed by atoms with van der Waals surface area (Å²) >= 11 is 0. The summed E-state index contributed by atoms with van der Waals surface area (Å²) in [5, 5.41) is 0. The van der Waals surface area contributed by atoms with Crippen LogP contribution in [0, 0.1) is 48.5 Å². The van der Waals surface area contributed by atoms with Gasteiger partial charge in [-0.05, 0) is 291 Å². The van der Waals surface area contributed by atoms with Gasteiger partial charge in [0.2, 0.25) is 0 Å². The average Bonchev–Trinajstić information content (AvgIpc) is 3.01. The second-order valence-corrected chi connectivity index (χ2v) is 22.6. The zero-order valence-corrected chi connectivity index (χ0v) is 58.6. The van der Waals surface area contributed by atoms with Crippen LogP contribution in [0.15, 0.2) is 140 Å². The van der Waals surface area contributed by atoms with E-state index in [0.29, 0.717) is 0 Å². The largest absolute Gasteiger partial charge is 0.399 e. The van der Waals surface area contributed by atoms with E-state index in [-0.39, 0.29) is 0 Å². The van der Waals surface area contributed by atoms with Crippen LogP contribution in [0.5, 0.6) is 0 Å². The molecular formula is C75H118N16. The summed E-state index contributed by atoms with van der Waals surface area (Å²) in [5.74, 6) is 0. The summed E-state index contributed by atoms with van der Waals surface area (Å²) in [6, 6.07) is 45.2. The van der Waals surface area contributed by atoms with Crippen LogP contribution in [0.25, 0.3) is 0 Å². The average molecular weight is 1240 g/mol. The van der Waals surface area contributed by atoms with Crippen LogP contribution >= 0.6 is 0 Å². The molecule has 24 N–H and O–H groups in total. The van der Waals surface area contributed by atoms with E-state index in [0.717, 1.165) is 170 Å². The van der Waals surface area contributed by atoms with Gasteiger partial charge in [-0.25, -0.2) is 0 Å². The molecule has 0 saturated carbocycles. The van der Waals surface area contributed by atoms with Crippen molar-refractivity contribution >= 4 is 91.0 Å². The Labute approximate surface area is 549 Å². The number of anilines is 16. The number of hydrogen-bond donors (Lipinski definition) is 12. The Balaban J connectivity index is 0.000000521. The Morgan fingerprint density at radius 1 is 0.275 bits per heavy atom. The summed E-state index contributed by atoms with van der Waals surface area (Å²) in [6.45, 7) is 37.4. The standard InChI is InChI=1S/C12H20N2.C11H18N2.2C10H16N2.4C8H12N2/c1-3-9-14(10-4-2)12-7-5-11(13)6-8-12;1-4-13(5-2)10-6-7-11(12)9(3)8-10;1-3-12(4-2)10-7-5-9(11)6-8-10;1-3-7-5-9(11)6-8(4-2)10(7)12;1-10(2)8-5-3-7(9)4-6-8;1-5-3-8(10)6(2)4-7(5)9;1-5-3-7(9)4-6(2)8(5)10;1-5-6(2)8(10)4-3-7(5)9/h5-8H,3-4,9-10,13H2,1-2H3;6-8H,4-5,12H2,1-3H3;5-8H,3-4,11H2,1-2H3;5-6H,3-4,11-12H2,1-2H3;3-6H,9H2,1-2H3;3*3-4H,9-10H2,1-2H3. The summed E-state index contributed by atoms with van der Waals surface area (Å²) in [7, 11) is 4.01. The Bertz CT molecular complexity index is 3200. The van der Waals surface area contributed by atoms with Gasteiger partial charge in [0.25, 0.3) is 0 Å². The van der Waals surface area contributed by atoms with Gasteiger partial charge in [0.15, 0.2) is 0 Å². The van der Waals surface area contributed by atoms with Gasteiger partial charge in [-0.2, -0.15) is 0 Å². The van der Waals surface area contributed by atoms with Gasteiger partial charge in [0.1, 0.15) is 0 Å². The SMILES string of the molecule is CCCN(CCC)c1ccc(N)cc1.CCN(CC)c1ccc(N)c(C)c1.CCN(CC)c1ccc(N)cc1.CCc1cc(N)cc(CC)c1N.CN(C)c1ccc(N)cc1.Cc1c(N)ccc(N)c1C.Cc1cc(N)c(C)cc1N.Cc1cc(N)cc(C)c1N. The molecule has 0 aliphatic carbocycles. The molecule has 0 spiro atoms. The van der Waals surface area contributed by atoms with Crippen LogP contribution in [-0.2, 0) is 12.8 Å². The normalized spacial score (nSPS) is 9.90. The minimum absolute atomic E-state index is 0.782. The Hall–Kier alpha value is -9.44. The lowest BCUT2D eigenvalue weighted by molar-refractivity contribution is 0.745. The summed E-state index contributed by atoms with van der Waals surface area (Å²) in [5.41, 5.74) is 92.7. The molecule has 16 heteroatoms. The van der Waals surface area contributed by atoms with Crippen LogP contribution in [-0.4, -0.2) is 53.4 Å². The molecular weight excluding hydrogens is 1120 g/mol. The second kappa shape index (κ2) is 41.7. The van der Waals surface area contributed by atoms with E-state index in [9.17, 15) is 0 Å². The molecule has 0 bridgehead atoms. The highest BCUT2D eigenvalue weighted by Gasteiger charge is 2.07. The second-order valence-electron chi connectivity index (χ2n) is 22.6. The van der Waals surface area contributed by atoms with Crippen molar-refractivity contribution in [3.05, 3.63) is 190 Å². The molecule has 0 aliphatic heterocycles. The smallest absolute Gasteiger partial charge is 0.0380 e. The zero-order chi connectivity index (χ0) is 69.1. The predicted molar refractivity (Wildman–Crippen MR) is 411 cm³/mol. The van der Waals surface area contributed by atoms with E-state index in [1.165, 1.54) is 35.6 Å². The minimum atomic E-state index is 0.782. The number of nitrogen functional groups attached to an aromatic ring is 12. The van der Waals surface area contributed by atoms with Gasteiger partial charge in [-0.1, -0.05) is 27.7 Å². The molecule has 8 aromatic rings. The fraction of sp³-hybridized carbons (Fsp3) is 0.360. The van der Waals surface area contributed by atoms with Gasteiger partial charge < -0.3 is 88.4 Å². The van der Waals surface area contributed by atoms with Gasteiger partial charge in [0.05, 0.1) is 0 Å². The Kier molecular flexibility index (Phi) is 36.5. The van der Waals surface area contributed by atoms with Crippen molar-refractivity contribution < 1.29 is 0 Å². The van der Waals surface area contributed by atoms with Crippen molar-refractivity contribution in [1.82, 2.24) is 0 Å². The first kappa shape index (κ1) is 79.6. The maximum atomic E-state index is 5.92. The summed E-state index contributed by atoms with van der Waals surface area (Å²) in [4.78, 5) is 9.05. The lowest BCUT2D eigenvalue weighted by Crippen LogP contribution is -2.24. The van der Waals surface area contributed by atoms with Gasteiger partial charge >= 0.3 is 0 Å². The fourth-order valence-electron chi connectivity index (χ4n) is 9.21. The zero-order valence-electron chi connectivity index (χ0n) is 58.6. The molecule has 0 heterocycles. The monoisotopic (exact) mass is 1240 g/mol. The molecule has 0 amide bonds. The Morgan fingerprint density at radius 3 is 0.912 bits per heavy atom. The van der Waals surface area contributed by atoms with E-state index in [2.05, 4.69) is 106 Å². The number of hydrogen-bond acceptors (Lipinski definition) is 16. The number of benzene rings is 8. The molecule has 16 nitrogen and oxygen atoms in total. The Morgan fingerprint density at radius 2 is 0.582 bits per heavy atom. The number of nitrogens with two attached hydrogens (primary N) is 12. The van der Waals surface area contributed by atoms with Crippen LogP contribution in [0.2, 0.25) is 0 Å². The van der Waals surface area contributed by atoms with E-state index in [1.807, 2.05) is 171 Å². The molecule has 8 rings (SSSR count). The molecule has 8 aromatic carbocycles. The lowest BCUT2D eigenvalue weighted by atomic mass is 10.0. The molecule has 0 radical (unpaired) electrons. The molecule has 0 unspecified atom stereocenters. The summed E-state index contributed by atoms with van der Waals surface area (Å²) in [6.07, 6.45) is 4.27. The van der Waals surface area contributed by atoms with Crippen LogP contribution in [0.3, 0.4) is 0 Å². The fourth-order valence-corrected chi connectivity index (χ4v) is 9.21. The third-order valence-electron chi connectivity index (χ3n) is 15.3. The van der Waals surface area contributed by atoms with Gasteiger partial charge in [-0.3, -0.25) is 0 Å². The van der Waals surface area contributed by atoms with Crippen molar-refractivity contribution in [2.24, 2.45) is 0 Å². The van der Waals surface area contributed by atoms with E-state index < -0.39 is 0 Å². The lowest BCUT2D eigenvalue weighted by Gasteiger charge is -2.23. The molecule has 0 aliphatic rings. The summed E-state index contributed by atoms with van der Waals surface area (Å²) < 4.78 is 0. The molecule has 0 aromatic heterocycles. The first-order valence-corrected chi connectivity index (χ1v) is 31.8. The van der Waals surface area contributed by atoms with Crippen molar-refractivity contribution in [3.8, 4) is 0 Å². The predicted octanol–water partition coefficient (Wildman–Crippen LogP) is 15.1. The highest BCUT2D eigenvalue weighted by atomic mass is 15.1. The number of aryl methyl sites for hydroxylation is 7. The molecule has 0 saturated heterocycles. The third-order valence-corrected chi connectivity index (χ3v) is 15.3. The minimum Gasteiger partial charge on any atom is -0.399 e. The highest BCUT2D eigenvalue weighted by molar-refractivity contribution is 5.64. The molecule has 498 valence electrons. The maximum Gasteiger partial charge on any atom is 0.0380 e. The molecule has 91 heavy (non-hydrogen) atoms. The van der Waals surface area contributed by atoms with Gasteiger partial charge in [-0.15, -0.1) is 0 Å². The topological polar surface area (TPSA) is 325 Å². The van der Waals surface area contributed by atoms with Gasteiger partial charge in [0, 0.05) is 144 Å². The van der Waals surface area contributed by atoms with E-state index in [1.54, 1.807) is 0 Å². The molecule has 0 fully saturated rings. The first-order valence-electron chi connectivity index (χ1n) is 31.8. The van der Waals surface area contributed by atoms with Crippen molar-refractivity contribution in [2.75, 3.05) is 142 Å². The van der Waals surface area contributed by atoms with Crippen LogP contribution in [0.1, 0.15) is 118 Å². The van der Waals surface area contributed by atoms with E-state index >= 15 is 0 Å². The van der Waals surface area contributed by atoms with Crippen molar-refractivity contribution in [1.29, 1.82) is 0 Å². The van der Waals surface area contributed by atoms with Crippen LogP contribution in [0.4, 0.5) is 91.0 Å². The first-order chi connectivity index (χ1) is 43.0. The number of nitrogens with zero attached hydrogens (tertiary/aromatic N) is 4. The molecule has 0 atom stereocenters. The van der Waals surface area contributed by atoms with E-state index in [4.69, 9.17) is 68.8 Å².